The number of carboxylic acid groups (broad SMARTS) is 1. The molecule has 1 saturated carbocycles. The highest BCUT2D eigenvalue weighted by atomic mass is 16.4. The average molecular weight is 304 g/mol. The van der Waals surface area contributed by atoms with Gasteiger partial charge in [0.15, 0.2) is 0 Å². The molecule has 2 rings (SSSR count). The van der Waals surface area contributed by atoms with Crippen LogP contribution >= 0.6 is 0 Å². The van der Waals surface area contributed by atoms with Crippen molar-refractivity contribution in [2.24, 2.45) is 11.8 Å². The van der Waals surface area contributed by atoms with Gasteiger partial charge in [0, 0.05) is 17.8 Å². The van der Waals surface area contributed by atoms with E-state index in [9.17, 15) is 14.4 Å². The van der Waals surface area contributed by atoms with Gasteiger partial charge in [-0.25, -0.2) is 0 Å². The number of nitrogens with one attached hydrogen (secondary N) is 2. The Kier molecular flexibility index (Phi) is 4.80. The number of hydrogen-bond donors (Lipinski definition) is 3. The summed E-state index contributed by atoms with van der Waals surface area (Å²) >= 11 is 0. The van der Waals surface area contributed by atoms with Gasteiger partial charge in [0.25, 0.3) is 5.91 Å². The average Bonchev–Trinajstić information content (AvgIpc) is 3.30. The van der Waals surface area contributed by atoms with E-state index in [2.05, 4.69) is 10.6 Å². The number of anilines is 1. The van der Waals surface area contributed by atoms with Gasteiger partial charge in [-0.05, 0) is 50.3 Å². The first-order valence-electron chi connectivity index (χ1n) is 7.31. The Balaban J connectivity index is 2.06. The van der Waals surface area contributed by atoms with Crippen LogP contribution in [0.2, 0.25) is 0 Å². The van der Waals surface area contributed by atoms with Crippen LogP contribution < -0.4 is 10.6 Å². The smallest absolute Gasteiger partial charge is 0.315 e. The molecule has 3 N–H and O–H groups in total. The van der Waals surface area contributed by atoms with E-state index < -0.39 is 17.8 Å². The van der Waals surface area contributed by atoms with Crippen LogP contribution in [0.3, 0.4) is 0 Å². The van der Waals surface area contributed by atoms with Crippen molar-refractivity contribution in [3.63, 3.8) is 0 Å². The zero-order valence-corrected chi connectivity index (χ0v) is 12.7. The summed E-state index contributed by atoms with van der Waals surface area (Å²) in [4.78, 5) is 34.7. The van der Waals surface area contributed by atoms with Crippen molar-refractivity contribution in [3.05, 3.63) is 29.3 Å². The number of rotatable bonds is 6. The Bertz CT molecular complexity index is 608. The van der Waals surface area contributed by atoms with Crippen molar-refractivity contribution < 1.29 is 19.5 Å². The summed E-state index contributed by atoms with van der Waals surface area (Å²) in [5.41, 5.74) is 1.67. The van der Waals surface area contributed by atoms with Crippen LogP contribution in [0.15, 0.2) is 18.2 Å². The number of benzene rings is 1. The predicted molar refractivity (Wildman–Crippen MR) is 81.7 cm³/mol. The molecule has 1 aliphatic rings. The SMILES string of the molecule is Cc1ccc(C(=O)NCC2CC2)cc1NC(=O)C(C)C(=O)O. The molecule has 22 heavy (non-hydrogen) atoms. The summed E-state index contributed by atoms with van der Waals surface area (Å²) in [5.74, 6) is -2.54. The normalized spacial score (nSPS) is 15.0. The lowest BCUT2D eigenvalue weighted by Gasteiger charge is -2.12. The zero-order valence-electron chi connectivity index (χ0n) is 12.7. The van der Waals surface area contributed by atoms with Crippen molar-refractivity contribution in [2.75, 3.05) is 11.9 Å². The van der Waals surface area contributed by atoms with Crippen LogP contribution in [-0.4, -0.2) is 29.4 Å². The van der Waals surface area contributed by atoms with Gasteiger partial charge in [-0.15, -0.1) is 0 Å². The second kappa shape index (κ2) is 6.60. The Labute approximate surface area is 128 Å². The van der Waals surface area contributed by atoms with E-state index >= 15 is 0 Å². The fourth-order valence-electron chi connectivity index (χ4n) is 1.91. The standard InChI is InChI=1S/C16H20N2O4/c1-9-3-6-12(15(20)17-8-11-4-5-11)7-13(9)18-14(19)10(2)16(21)22/h3,6-7,10-11H,4-5,8H2,1-2H3,(H,17,20)(H,18,19)(H,21,22). The summed E-state index contributed by atoms with van der Waals surface area (Å²) in [6.07, 6.45) is 2.31. The lowest BCUT2D eigenvalue weighted by atomic mass is 10.1. The molecule has 1 atom stereocenters. The molecule has 1 unspecified atom stereocenters. The molecular formula is C16H20N2O4. The molecule has 0 aromatic heterocycles. The Morgan fingerprint density at radius 1 is 1.32 bits per heavy atom. The van der Waals surface area contributed by atoms with E-state index in [0.29, 0.717) is 23.7 Å². The van der Waals surface area contributed by atoms with Gasteiger partial charge in [0.1, 0.15) is 5.92 Å². The summed E-state index contributed by atoms with van der Waals surface area (Å²) in [6.45, 7) is 3.77. The van der Waals surface area contributed by atoms with Gasteiger partial charge >= 0.3 is 5.97 Å². The number of aryl methyl sites for hydroxylation is 1. The first-order chi connectivity index (χ1) is 10.4. The number of carbonyl (C=O) groups is 3. The second-order valence-corrected chi connectivity index (χ2v) is 5.73. The number of carboxylic acids is 1. The molecule has 1 aromatic rings. The summed E-state index contributed by atoms with van der Waals surface area (Å²) in [5, 5.41) is 14.3. The number of hydrogen-bond acceptors (Lipinski definition) is 3. The predicted octanol–water partition coefficient (Wildman–Crippen LogP) is 1.79. The Morgan fingerprint density at radius 2 is 2.00 bits per heavy atom. The summed E-state index contributed by atoms with van der Waals surface area (Å²) < 4.78 is 0. The lowest BCUT2D eigenvalue weighted by molar-refractivity contribution is -0.144. The van der Waals surface area contributed by atoms with Crippen molar-refractivity contribution in [1.29, 1.82) is 0 Å². The highest BCUT2D eigenvalue weighted by Crippen LogP contribution is 2.27. The summed E-state index contributed by atoms with van der Waals surface area (Å²) in [6, 6.07) is 4.99. The van der Waals surface area contributed by atoms with E-state index in [0.717, 1.165) is 18.4 Å². The van der Waals surface area contributed by atoms with Gasteiger partial charge in [-0.2, -0.15) is 0 Å². The van der Waals surface area contributed by atoms with Gasteiger partial charge < -0.3 is 15.7 Å². The van der Waals surface area contributed by atoms with Crippen LogP contribution in [0.4, 0.5) is 5.69 Å². The maximum Gasteiger partial charge on any atom is 0.315 e. The van der Waals surface area contributed by atoms with Gasteiger partial charge in [0.2, 0.25) is 5.91 Å². The molecule has 1 fully saturated rings. The minimum absolute atomic E-state index is 0.186. The Hall–Kier alpha value is -2.37. The minimum Gasteiger partial charge on any atom is -0.481 e. The van der Waals surface area contributed by atoms with Gasteiger partial charge in [0.05, 0.1) is 0 Å². The van der Waals surface area contributed by atoms with Crippen molar-refractivity contribution in [3.8, 4) is 0 Å². The monoisotopic (exact) mass is 304 g/mol. The highest BCUT2D eigenvalue weighted by Gasteiger charge is 2.23. The molecule has 0 heterocycles. The maximum atomic E-state index is 12.1. The second-order valence-electron chi connectivity index (χ2n) is 5.73. The fraction of sp³-hybridized carbons (Fsp3) is 0.438. The van der Waals surface area contributed by atoms with Crippen molar-refractivity contribution >= 4 is 23.5 Å². The fourth-order valence-corrected chi connectivity index (χ4v) is 1.91. The van der Waals surface area contributed by atoms with Crippen LogP contribution in [-0.2, 0) is 9.59 Å². The van der Waals surface area contributed by atoms with Crippen LogP contribution in [0.25, 0.3) is 0 Å². The first-order valence-corrected chi connectivity index (χ1v) is 7.31. The molecule has 0 radical (unpaired) electrons. The van der Waals surface area contributed by atoms with E-state index in [4.69, 9.17) is 5.11 Å². The lowest BCUT2D eigenvalue weighted by Crippen LogP contribution is -2.28. The van der Waals surface area contributed by atoms with Crippen LogP contribution in [0.1, 0.15) is 35.7 Å². The third-order valence-corrected chi connectivity index (χ3v) is 3.77. The minimum atomic E-state index is -1.19. The topological polar surface area (TPSA) is 95.5 Å². The molecule has 0 aliphatic heterocycles. The Morgan fingerprint density at radius 3 is 2.59 bits per heavy atom. The van der Waals surface area contributed by atoms with Crippen LogP contribution in [0.5, 0.6) is 0 Å². The van der Waals surface area contributed by atoms with E-state index in [1.165, 1.54) is 6.92 Å². The molecular weight excluding hydrogens is 284 g/mol. The number of carbonyl (C=O) groups excluding carboxylic acids is 2. The molecule has 6 heteroatoms. The highest BCUT2D eigenvalue weighted by molar-refractivity contribution is 6.05. The van der Waals surface area contributed by atoms with Crippen LogP contribution in [0, 0.1) is 18.8 Å². The number of amides is 2. The molecule has 1 aromatic carbocycles. The first kappa shape index (κ1) is 16.0. The third-order valence-electron chi connectivity index (χ3n) is 3.77. The van der Waals surface area contributed by atoms with Gasteiger partial charge in [-0.3, -0.25) is 14.4 Å². The molecule has 0 bridgehead atoms. The largest absolute Gasteiger partial charge is 0.481 e. The molecule has 0 saturated heterocycles. The zero-order chi connectivity index (χ0) is 16.3. The third kappa shape index (κ3) is 4.07. The van der Waals surface area contributed by atoms with Crippen molar-refractivity contribution in [1.82, 2.24) is 5.32 Å². The molecule has 1 aliphatic carbocycles. The van der Waals surface area contributed by atoms with E-state index in [1.807, 2.05) is 0 Å². The van der Waals surface area contributed by atoms with Gasteiger partial charge in [-0.1, -0.05) is 6.07 Å². The quantitative estimate of drug-likeness (QED) is 0.698. The number of aliphatic carboxylic acids is 1. The van der Waals surface area contributed by atoms with Crippen molar-refractivity contribution in [2.45, 2.75) is 26.7 Å². The molecule has 0 spiro atoms. The molecule has 6 nitrogen and oxygen atoms in total. The molecule has 2 amide bonds. The summed E-state index contributed by atoms with van der Waals surface area (Å²) in [7, 11) is 0. The maximum absolute atomic E-state index is 12.1. The van der Waals surface area contributed by atoms with E-state index in [1.54, 1.807) is 25.1 Å². The van der Waals surface area contributed by atoms with E-state index in [-0.39, 0.29) is 5.91 Å². The molecule has 118 valence electrons.